The van der Waals surface area contributed by atoms with Gasteiger partial charge in [-0.25, -0.2) is 0 Å². The minimum atomic E-state index is 0.0483. The molecule has 1 aliphatic rings. The van der Waals surface area contributed by atoms with Crippen LogP contribution >= 0.6 is 0 Å². The molecule has 1 aromatic rings. The summed E-state index contributed by atoms with van der Waals surface area (Å²) >= 11 is 0. The zero-order valence-corrected chi connectivity index (χ0v) is 12.2. The fourth-order valence-electron chi connectivity index (χ4n) is 3.14. The summed E-state index contributed by atoms with van der Waals surface area (Å²) in [6, 6.07) is 4.40. The number of nitrogens with zero attached hydrogens (tertiary/aromatic N) is 2. The number of aromatic nitrogens is 1. The van der Waals surface area contributed by atoms with Crippen LogP contribution in [0.25, 0.3) is 0 Å². The molecule has 110 valence electrons. The van der Waals surface area contributed by atoms with Crippen molar-refractivity contribution in [3.05, 3.63) is 29.6 Å². The molecule has 1 heterocycles. The summed E-state index contributed by atoms with van der Waals surface area (Å²) in [6.07, 6.45) is 5.53. The molecule has 20 heavy (non-hydrogen) atoms. The lowest BCUT2D eigenvalue weighted by Crippen LogP contribution is -2.32. The molecule has 0 bridgehead atoms. The maximum absolute atomic E-state index is 8.68. The normalized spacial score (nSPS) is 26.9. The van der Waals surface area contributed by atoms with Gasteiger partial charge in [-0.1, -0.05) is 25.4 Å². The summed E-state index contributed by atoms with van der Waals surface area (Å²) in [7, 11) is 0. The van der Waals surface area contributed by atoms with E-state index in [2.05, 4.69) is 29.3 Å². The van der Waals surface area contributed by atoms with Gasteiger partial charge in [0.15, 0.2) is 5.84 Å². The Morgan fingerprint density at radius 3 is 3.00 bits per heavy atom. The Hall–Kier alpha value is -1.62. The Bertz CT molecular complexity index is 475. The van der Waals surface area contributed by atoms with Crippen LogP contribution in [0.2, 0.25) is 0 Å². The lowest BCUT2D eigenvalue weighted by atomic mass is 9.93. The number of pyridine rings is 1. The molecule has 4 N–H and O–H groups in total. The van der Waals surface area contributed by atoms with Gasteiger partial charge < -0.3 is 16.3 Å². The molecular formula is C15H24N4O. The van der Waals surface area contributed by atoms with E-state index in [-0.39, 0.29) is 5.84 Å². The van der Waals surface area contributed by atoms with Crippen molar-refractivity contribution in [3.8, 4) is 0 Å². The van der Waals surface area contributed by atoms with Gasteiger partial charge in [0.05, 0.1) is 0 Å². The highest BCUT2D eigenvalue weighted by atomic mass is 16.4. The molecule has 0 saturated heterocycles. The van der Waals surface area contributed by atoms with Crippen LogP contribution in [0, 0.1) is 11.8 Å². The molecular weight excluding hydrogens is 252 g/mol. The van der Waals surface area contributed by atoms with Crippen molar-refractivity contribution >= 4 is 5.84 Å². The van der Waals surface area contributed by atoms with Gasteiger partial charge in [0.25, 0.3) is 0 Å². The average molecular weight is 276 g/mol. The number of nitrogens with one attached hydrogen (secondary N) is 1. The highest BCUT2D eigenvalue weighted by molar-refractivity contribution is 5.95. The van der Waals surface area contributed by atoms with E-state index < -0.39 is 0 Å². The predicted octanol–water partition coefficient (Wildman–Crippen LogP) is 2.09. The number of nitrogens with two attached hydrogens (primary N) is 1. The molecule has 0 amide bonds. The van der Waals surface area contributed by atoms with Gasteiger partial charge in [0.2, 0.25) is 0 Å². The Morgan fingerprint density at radius 2 is 2.35 bits per heavy atom. The van der Waals surface area contributed by atoms with Gasteiger partial charge in [-0.2, -0.15) is 0 Å². The molecule has 5 heteroatoms. The number of hydrogen-bond donors (Lipinski definition) is 3. The summed E-state index contributed by atoms with van der Waals surface area (Å²) in [5, 5.41) is 15.3. The molecule has 1 fully saturated rings. The first-order valence-electron chi connectivity index (χ1n) is 7.32. The van der Waals surface area contributed by atoms with E-state index in [1.165, 1.54) is 19.3 Å². The van der Waals surface area contributed by atoms with Gasteiger partial charge >= 0.3 is 0 Å². The summed E-state index contributed by atoms with van der Waals surface area (Å²) in [5.41, 5.74) is 7.17. The van der Waals surface area contributed by atoms with Gasteiger partial charge in [-0.15, -0.1) is 0 Å². The first-order valence-corrected chi connectivity index (χ1v) is 7.32. The van der Waals surface area contributed by atoms with Crippen molar-refractivity contribution in [1.29, 1.82) is 0 Å². The lowest BCUT2D eigenvalue weighted by Gasteiger charge is -2.21. The molecule has 0 aromatic carbocycles. The predicted molar refractivity (Wildman–Crippen MR) is 79.6 cm³/mol. The van der Waals surface area contributed by atoms with E-state index in [4.69, 9.17) is 10.9 Å². The third-order valence-electron chi connectivity index (χ3n) is 4.51. The largest absolute Gasteiger partial charge is 0.409 e. The SMILES string of the molecule is CCC1CCC(NCc2ccnc(C(N)=NO)c2)C1C. The second kappa shape index (κ2) is 6.70. The van der Waals surface area contributed by atoms with Crippen LogP contribution in [0.15, 0.2) is 23.5 Å². The lowest BCUT2D eigenvalue weighted by molar-refractivity contribution is 0.318. The van der Waals surface area contributed by atoms with Crippen LogP contribution in [-0.4, -0.2) is 22.1 Å². The van der Waals surface area contributed by atoms with Crippen LogP contribution in [-0.2, 0) is 6.54 Å². The van der Waals surface area contributed by atoms with E-state index in [0.717, 1.165) is 23.9 Å². The van der Waals surface area contributed by atoms with E-state index in [1.54, 1.807) is 6.20 Å². The minimum Gasteiger partial charge on any atom is -0.409 e. The maximum Gasteiger partial charge on any atom is 0.188 e. The molecule has 2 rings (SSSR count). The highest BCUT2D eigenvalue weighted by Gasteiger charge is 2.30. The molecule has 5 nitrogen and oxygen atoms in total. The van der Waals surface area contributed by atoms with Crippen molar-refractivity contribution < 1.29 is 5.21 Å². The van der Waals surface area contributed by atoms with Crippen LogP contribution < -0.4 is 11.1 Å². The summed E-state index contributed by atoms with van der Waals surface area (Å²) in [6.45, 7) is 5.41. The first kappa shape index (κ1) is 14.8. The number of hydrogen-bond acceptors (Lipinski definition) is 4. The summed E-state index contributed by atoms with van der Waals surface area (Å²) < 4.78 is 0. The zero-order chi connectivity index (χ0) is 14.5. The first-order chi connectivity index (χ1) is 9.65. The fourth-order valence-corrected chi connectivity index (χ4v) is 3.14. The molecule has 1 aromatic heterocycles. The topological polar surface area (TPSA) is 83.5 Å². The Balaban J connectivity index is 1.95. The van der Waals surface area contributed by atoms with Crippen molar-refractivity contribution in [2.24, 2.45) is 22.7 Å². The minimum absolute atomic E-state index is 0.0483. The van der Waals surface area contributed by atoms with Crippen molar-refractivity contribution in [3.63, 3.8) is 0 Å². The Morgan fingerprint density at radius 1 is 1.55 bits per heavy atom. The second-order valence-electron chi connectivity index (χ2n) is 5.63. The molecule has 3 atom stereocenters. The van der Waals surface area contributed by atoms with Crippen LogP contribution in [0.4, 0.5) is 0 Å². The smallest absolute Gasteiger partial charge is 0.188 e. The summed E-state index contributed by atoms with van der Waals surface area (Å²) in [5.74, 6) is 1.62. The quantitative estimate of drug-likeness (QED) is 0.333. The Labute approximate surface area is 120 Å². The third-order valence-corrected chi connectivity index (χ3v) is 4.51. The van der Waals surface area contributed by atoms with Gasteiger partial charge in [-0.3, -0.25) is 4.98 Å². The maximum atomic E-state index is 8.68. The van der Waals surface area contributed by atoms with Crippen molar-refractivity contribution in [2.75, 3.05) is 0 Å². The molecule has 0 radical (unpaired) electrons. The van der Waals surface area contributed by atoms with Crippen LogP contribution in [0.1, 0.15) is 44.4 Å². The third kappa shape index (κ3) is 3.28. The van der Waals surface area contributed by atoms with Crippen molar-refractivity contribution in [2.45, 2.75) is 45.7 Å². The van der Waals surface area contributed by atoms with E-state index >= 15 is 0 Å². The van der Waals surface area contributed by atoms with Gasteiger partial charge in [-0.05, 0) is 42.4 Å². The zero-order valence-electron chi connectivity index (χ0n) is 12.2. The summed E-state index contributed by atoms with van der Waals surface area (Å²) in [4.78, 5) is 4.09. The average Bonchev–Trinajstić information content (AvgIpc) is 2.85. The number of amidine groups is 1. The van der Waals surface area contributed by atoms with Crippen LogP contribution in [0.5, 0.6) is 0 Å². The van der Waals surface area contributed by atoms with Gasteiger partial charge in [0, 0.05) is 18.8 Å². The molecule has 1 saturated carbocycles. The van der Waals surface area contributed by atoms with E-state index in [1.807, 2.05) is 12.1 Å². The van der Waals surface area contributed by atoms with E-state index in [9.17, 15) is 0 Å². The van der Waals surface area contributed by atoms with Crippen LogP contribution in [0.3, 0.4) is 0 Å². The Kier molecular flexibility index (Phi) is 4.95. The molecule has 0 aliphatic heterocycles. The van der Waals surface area contributed by atoms with Gasteiger partial charge in [0.1, 0.15) is 5.69 Å². The highest BCUT2D eigenvalue weighted by Crippen LogP contribution is 2.33. The number of rotatable bonds is 5. The molecule has 0 spiro atoms. The standard InChI is InChI=1S/C15H24N4O/c1-3-12-4-5-13(10(12)2)18-9-11-6-7-17-14(8-11)15(16)19-20/h6-8,10,12-13,18,20H,3-5,9H2,1-2H3,(H2,16,19). The molecule has 1 aliphatic carbocycles. The number of oxime groups is 1. The monoisotopic (exact) mass is 276 g/mol. The fraction of sp³-hybridized carbons (Fsp3) is 0.600. The second-order valence-corrected chi connectivity index (χ2v) is 5.63. The van der Waals surface area contributed by atoms with E-state index in [0.29, 0.717) is 11.7 Å². The van der Waals surface area contributed by atoms with Crippen molar-refractivity contribution in [1.82, 2.24) is 10.3 Å². The molecule has 3 unspecified atom stereocenters.